The SMILES string of the molecule is CCCCC1(CCCC)OC(=O)[C@H](OC(=O)C(C)(C)C)[C@H]1OC(=O)C(C)(C)C. The Labute approximate surface area is 169 Å². The highest BCUT2D eigenvalue weighted by molar-refractivity contribution is 5.85. The molecule has 0 amide bonds. The Morgan fingerprint density at radius 2 is 1.32 bits per heavy atom. The molecule has 0 radical (unpaired) electrons. The van der Waals surface area contributed by atoms with E-state index in [0.717, 1.165) is 25.7 Å². The van der Waals surface area contributed by atoms with Gasteiger partial charge in [-0.05, 0) is 67.2 Å². The Morgan fingerprint density at radius 1 is 0.893 bits per heavy atom. The smallest absolute Gasteiger partial charge is 0.352 e. The van der Waals surface area contributed by atoms with Crippen LogP contribution in [-0.2, 0) is 28.6 Å². The second kappa shape index (κ2) is 9.27. The van der Waals surface area contributed by atoms with Crippen LogP contribution in [0.2, 0.25) is 0 Å². The molecule has 1 fully saturated rings. The van der Waals surface area contributed by atoms with Gasteiger partial charge in [-0.2, -0.15) is 0 Å². The third-order valence-corrected chi connectivity index (χ3v) is 4.93. The Morgan fingerprint density at radius 3 is 1.71 bits per heavy atom. The van der Waals surface area contributed by atoms with Gasteiger partial charge in [-0.3, -0.25) is 9.59 Å². The van der Waals surface area contributed by atoms with Gasteiger partial charge >= 0.3 is 17.9 Å². The molecule has 0 spiro atoms. The summed E-state index contributed by atoms with van der Waals surface area (Å²) in [6, 6.07) is 0. The summed E-state index contributed by atoms with van der Waals surface area (Å²) in [5, 5.41) is 0. The van der Waals surface area contributed by atoms with Gasteiger partial charge in [0.1, 0.15) is 0 Å². The zero-order chi connectivity index (χ0) is 21.8. The van der Waals surface area contributed by atoms with Crippen molar-refractivity contribution in [2.24, 2.45) is 10.8 Å². The van der Waals surface area contributed by atoms with Crippen LogP contribution < -0.4 is 0 Å². The first-order valence-electron chi connectivity index (χ1n) is 10.4. The highest BCUT2D eigenvalue weighted by Crippen LogP contribution is 2.41. The van der Waals surface area contributed by atoms with Crippen LogP contribution in [0.15, 0.2) is 0 Å². The molecular formula is C22H38O6. The highest BCUT2D eigenvalue weighted by atomic mass is 16.7. The van der Waals surface area contributed by atoms with Crippen LogP contribution in [0.5, 0.6) is 0 Å². The number of esters is 3. The van der Waals surface area contributed by atoms with E-state index < -0.39 is 46.5 Å². The van der Waals surface area contributed by atoms with E-state index in [2.05, 4.69) is 13.8 Å². The molecule has 1 aliphatic rings. The zero-order valence-corrected chi connectivity index (χ0v) is 18.8. The van der Waals surface area contributed by atoms with Gasteiger partial charge in [-0.25, -0.2) is 4.79 Å². The van der Waals surface area contributed by atoms with E-state index in [1.165, 1.54) is 0 Å². The lowest BCUT2D eigenvalue weighted by Gasteiger charge is -2.35. The van der Waals surface area contributed by atoms with Crippen molar-refractivity contribution in [3.8, 4) is 0 Å². The Bertz CT molecular complexity index is 559. The van der Waals surface area contributed by atoms with Crippen LogP contribution in [-0.4, -0.2) is 35.7 Å². The number of carbonyl (C=O) groups excluding carboxylic acids is 3. The maximum Gasteiger partial charge on any atom is 0.352 e. The molecular weight excluding hydrogens is 360 g/mol. The average Bonchev–Trinajstić information content (AvgIpc) is 2.82. The summed E-state index contributed by atoms with van der Waals surface area (Å²) in [6.07, 6.45) is 2.45. The van der Waals surface area contributed by atoms with Crippen molar-refractivity contribution in [2.45, 2.75) is 112 Å². The Balaban J connectivity index is 3.29. The molecule has 6 nitrogen and oxygen atoms in total. The first-order chi connectivity index (χ1) is 12.8. The van der Waals surface area contributed by atoms with Crippen molar-refractivity contribution in [1.82, 2.24) is 0 Å². The molecule has 0 aliphatic carbocycles. The molecule has 1 saturated heterocycles. The number of cyclic esters (lactones) is 1. The van der Waals surface area contributed by atoms with E-state index in [0.29, 0.717) is 12.8 Å². The van der Waals surface area contributed by atoms with Gasteiger partial charge in [0.05, 0.1) is 10.8 Å². The van der Waals surface area contributed by atoms with Crippen molar-refractivity contribution in [2.75, 3.05) is 0 Å². The quantitative estimate of drug-likeness (QED) is 0.440. The topological polar surface area (TPSA) is 78.9 Å². The third-order valence-electron chi connectivity index (χ3n) is 4.93. The molecule has 0 N–H and O–H groups in total. The van der Waals surface area contributed by atoms with Gasteiger partial charge in [-0.1, -0.05) is 26.7 Å². The van der Waals surface area contributed by atoms with E-state index in [1.807, 2.05) is 0 Å². The lowest BCUT2D eigenvalue weighted by molar-refractivity contribution is -0.182. The molecule has 0 bridgehead atoms. The second-order valence-corrected chi connectivity index (χ2v) is 9.84. The summed E-state index contributed by atoms with van der Waals surface area (Å²) in [5.74, 6) is -1.59. The number of rotatable bonds is 8. The van der Waals surface area contributed by atoms with Gasteiger partial charge in [-0.15, -0.1) is 0 Å². The maximum atomic E-state index is 12.7. The number of ether oxygens (including phenoxy) is 3. The first kappa shape index (κ1) is 24.4. The maximum absolute atomic E-state index is 12.7. The molecule has 6 heteroatoms. The summed E-state index contributed by atoms with van der Waals surface area (Å²) >= 11 is 0. The minimum atomic E-state index is -1.23. The predicted octanol–water partition coefficient (Wildman–Crippen LogP) is 4.58. The summed E-state index contributed by atoms with van der Waals surface area (Å²) in [5.41, 5.74) is -2.48. The Hall–Kier alpha value is -1.59. The lowest BCUT2D eigenvalue weighted by atomic mass is 9.84. The van der Waals surface area contributed by atoms with Crippen LogP contribution in [0.25, 0.3) is 0 Å². The van der Waals surface area contributed by atoms with Crippen molar-refractivity contribution in [3.05, 3.63) is 0 Å². The van der Waals surface area contributed by atoms with Crippen molar-refractivity contribution < 1.29 is 28.6 Å². The number of hydrogen-bond acceptors (Lipinski definition) is 6. The summed E-state index contributed by atoms with van der Waals surface area (Å²) in [7, 11) is 0. The zero-order valence-electron chi connectivity index (χ0n) is 18.8. The van der Waals surface area contributed by atoms with Crippen molar-refractivity contribution in [1.29, 1.82) is 0 Å². The van der Waals surface area contributed by atoms with Gasteiger partial charge < -0.3 is 14.2 Å². The van der Waals surface area contributed by atoms with Crippen LogP contribution in [0.3, 0.4) is 0 Å². The monoisotopic (exact) mass is 398 g/mol. The second-order valence-electron chi connectivity index (χ2n) is 9.84. The van der Waals surface area contributed by atoms with Crippen LogP contribution in [0, 0.1) is 10.8 Å². The number of carbonyl (C=O) groups is 3. The molecule has 0 aromatic rings. The van der Waals surface area contributed by atoms with Crippen LogP contribution in [0.1, 0.15) is 93.9 Å². The summed E-state index contributed by atoms with van der Waals surface area (Å²) < 4.78 is 17.2. The highest BCUT2D eigenvalue weighted by Gasteiger charge is 2.60. The van der Waals surface area contributed by atoms with E-state index in [4.69, 9.17) is 14.2 Å². The van der Waals surface area contributed by atoms with E-state index in [1.54, 1.807) is 41.5 Å². The molecule has 1 heterocycles. The van der Waals surface area contributed by atoms with Gasteiger partial charge in [0.25, 0.3) is 0 Å². The fraction of sp³-hybridized carbons (Fsp3) is 0.864. The number of unbranched alkanes of at least 4 members (excludes halogenated alkanes) is 2. The predicted molar refractivity (Wildman–Crippen MR) is 107 cm³/mol. The normalized spacial score (nSPS) is 21.9. The first-order valence-corrected chi connectivity index (χ1v) is 10.4. The fourth-order valence-electron chi connectivity index (χ4n) is 3.04. The van der Waals surface area contributed by atoms with Crippen molar-refractivity contribution >= 4 is 17.9 Å². The summed E-state index contributed by atoms with van der Waals surface area (Å²) in [6.45, 7) is 14.5. The molecule has 0 saturated carbocycles. The third kappa shape index (κ3) is 5.95. The molecule has 28 heavy (non-hydrogen) atoms. The molecule has 1 aliphatic heterocycles. The minimum Gasteiger partial charge on any atom is -0.453 e. The average molecular weight is 399 g/mol. The lowest BCUT2D eigenvalue weighted by Crippen LogP contribution is -2.49. The largest absolute Gasteiger partial charge is 0.453 e. The van der Waals surface area contributed by atoms with Crippen LogP contribution in [0.4, 0.5) is 0 Å². The molecule has 2 atom stereocenters. The number of hydrogen-bond donors (Lipinski definition) is 0. The standard InChI is InChI=1S/C22H38O6/c1-9-11-13-22(14-12-10-2)16(27-19(25)21(6,7)8)15(17(23)28-22)26-18(24)20(3,4)5/h15-16H,9-14H2,1-8H3/t15-,16-/m1/s1. The molecule has 1 rings (SSSR count). The summed E-state index contributed by atoms with van der Waals surface area (Å²) in [4.78, 5) is 37.9. The minimum absolute atomic E-state index is 0.440. The van der Waals surface area contributed by atoms with E-state index in [9.17, 15) is 14.4 Å². The van der Waals surface area contributed by atoms with Gasteiger partial charge in [0, 0.05) is 0 Å². The molecule has 162 valence electrons. The molecule has 0 unspecified atom stereocenters. The van der Waals surface area contributed by atoms with Gasteiger partial charge in [0.15, 0.2) is 11.7 Å². The van der Waals surface area contributed by atoms with Gasteiger partial charge in [0.2, 0.25) is 6.10 Å². The molecule has 0 aromatic heterocycles. The Kier molecular flexibility index (Phi) is 8.10. The fourth-order valence-corrected chi connectivity index (χ4v) is 3.04. The molecule has 0 aromatic carbocycles. The van der Waals surface area contributed by atoms with E-state index >= 15 is 0 Å². The van der Waals surface area contributed by atoms with E-state index in [-0.39, 0.29) is 0 Å². The van der Waals surface area contributed by atoms with Crippen molar-refractivity contribution in [3.63, 3.8) is 0 Å². The van der Waals surface area contributed by atoms with Crippen LogP contribution >= 0.6 is 0 Å².